The Balaban J connectivity index is 1.24. The van der Waals surface area contributed by atoms with Crippen LogP contribution in [0.15, 0.2) is 193 Å². The van der Waals surface area contributed by atoms with Crippen molar-refractivity contribution in [2.45, 2.75) is 13.3 Å². The molecule has 264 valence electrons. The van der Waals surface area contributed by atoms with Crippen LogP contribution < -0.4 is 0 Å². The summed E-state index contributed by atoms with van der Waals surface area (Å²) in [6.07, 6.45) is -0.650. The van der Waals surface area contributed by atoms with Crippen molar-refractivity contribution in [2.75, 3.05) is 0 Å². The van der Waals surface area contributed by atoms with Gasteiger partial charge in [0.2, 0.25) is 0 Å². The van der Waals surface area contributed by atoms with E-state index in [9.17, 15) is 11.0 Å². The third-order valence-electron chi connectivity index (χ3n) is 8.59. The van der Waals surface area contributed by atoms with Crippen LogP contribution in [0.3, 0.4) is 0 Å². The van der Waals surface area contributed by atoms with Gasteiger partial charge in [-0.15, -0.1) is 0 Å². The second kappa shape index (κ2) is 14.2. The summed E-state index contributed by atoms with van der Waals surface area (Å²) >= 11 is 0. The van der Waals surface area contributed by atoms with Gasteiger partial charge < -0.3 is 0 Å². The first kappa shape index (κ1) is 14.1. The Bertz CT molecular complexity index is 4490. The van der Waals surface area contributed by atoms with E-state index in [2.05, 4.69) is 15.0 Å². The first-order chi connectivity index (χ1) is 40.6. The largest absolute Gasteiger partial charge is 0.208 e. The van der Waals surface area contributed by atoms with Gasteiger partial charge in [0.05, 0.1) is 42.5 Å². The van der Waals surface area contributed by atoms with Crippen molar-refractivity contribution in [3.8, 4) is 89.8 Å². The van der Waals surface area contributed by atoms with Crippen LogP contribution in [0.4, 0.5) is 0 Å². The molecule has 1 aromatic heterocycles. The zero-order valence-corrected chi connectivity index (χ0v) is 28.6. The Morgan fingerprint density at radius 3 is 1.45 bits per heavy atom. The molecule has 0 saturated carbocycles. The van der Waals surface area contributed by atoms with E-state index in [1.54, 1.807) is 0 Å². The molecule has 1 heterocycles. The Kier molecular flexibility index (Phi) is 3.58. The third-order valence-corrected chi connectivity index (χ3v) is 8.59. The second-order valence-corrected chi connectivity index (χ2v) is 12.0. The van der Waals surface area contributed by atoms with E-state index >= 15 is 0 Å². The molecule has 0 fully saturated rings. The molecule has 0 radical (unpaired) electrons. The van der Waals surface area contributed by atoms with Crippen LogP contribution in [0.1, 0.15) is 59.2 Å². The summed E-state index contributed by atoms with van der Waals surface area (Å²) in [5.41, 5.74) is -8.29. The van der Waals surface area contributed by atoms with Crippen LogP contribution in [0, 0.1) is 6.92 Å². The first-order valence-corrected chi connectivity index (χ1v) is 16.6. The van der Waals surface area contributed by atoms with E-state index in [0.29, 0.717) is 0 Å². The fourth-order valence-corrected chi connectivity index (χ4v) is 6.06. The van der Waals surface area contributed by atoms with Gasteiger partial charge in [0.15, 0.2) is 17.5 Å². The van der Waals surface area contributed by atoms with Gasteiger partial charge in [-0.1, -0.05) is 181 Å². The number of hydrogen-bond acceptors (Lipinski definition) is 3. The molecule has 9 aromatic rings. The van der Waals surface area contributed by atoms with Crippen LogP contribution >= 0.6 is 0 Å². The smallest absolute Gasteiger partial charge is 0.164 e. The average molecular weight is 747 g/mol. The zero-order valence-electron chi connectivity index (χ0n) is 59.6. The highest BCUT2D eigenvalue weighted by Gasteiger charge is 2.25. The molecule has 0 saturated heterocycles. The summed E-state index contributed by atoms with van der Waals surface area (Å²) in [5, 5.41) is 0. The van der Waals surface area contributed by atoms with Crippen molar-refractivity contribution >= 4 is 0 Å². The fraction of sp³-hybridized carbons (Fsp3) is 0.0377. The molecule has 0 aliphatic heterocycles. The molecule has 8 aromatic carbocycles. The zero-order chi connectivity index (χ0) is 64.4. The maximum absolute atomic E-state index is 9.66. The number of benzene rings is 8. The number of nitrogens with zero attached hydrogens (tertiary/aromatic N) is 3. The molecule has 0 atom stereocenters. The van der Waals surface area contributed by atoms with Gasteiger partial charge in [-0.25, -0.2) is 15.0 Å². The van der Waals surface area contributed by atoms with Crippen LogP contribution in [0.25, 0.3) is 89.8 Å². The molecule has 3 nitrogen and oxygen atoms in total. The van der Waals surface area contributed by atoms with Gasteiger partial charge in [0.1, 0.15) is 0 Å². The van der Waals surface area contributed by atoms with E-state index in [0.717, 1.165) is 6.07 Å². The Labute approximate surface area is 371 Å². The lowest BCUT2D eigenvalue weighted by Crippen LogP contribution is -2.00. The molecule has 0 amide bonds. The molecule has 3 heteroatoms. The van der Waals surface area contributed by atoms with Gasteiger partial charge in [-0.3, -0.25) is 0 Å². The number of fused-ring (bicyclic) bond motifs is 3. The van der Waals surface area contributed by atoms with Crippen LogP contribution in [0.5, 0.6) is 0 Å². The van der Waals surface area contributed by atoms with Crippen molar-refractivity contribution in [3.63, 3.8) is 0 Å². The van der Waals surface area contributed by atoms with E-state index in [-0.39, 0.29) is 27.8 Å². The van der Waals surface area contributed by atoms with E-state index in [1.165, 1.54) is 6.92 Å². The normalized spacial score (nSPS) is 19.3. The summed E-state index contributed by atoms with van der Waals surface area (Å²) in [7, 11) is 0. The van der Waals surface area contributed by atoms with Crippen molar-refractivity contribution in [2.24, 2.45) is 0 Å². The number of aromatic nitrogens is 3. The summed E-state index contributed by atoms with van der Waals surface area (Å²) < 4.78 is 275. The predicted molar refractivity (Wildman–Crippen MR) is 231 cm³/mol. The van der Waals surface area contributed by atoms with Crippen LogP contribution in [-0.4, -0.2) is 15.0 Å². The fourth-order valence-electron chi connectivity index (χ4n) is 6.06. The van der Waals surface area contributed by atoms with Gasteiger partial charge in [0.25, 0.3) is 0 Å². The third kappa shape index (κ3) is 6.29. The number of rotatable bonds is 7. The van der Waals surface area contributed by atoms with E-state index < -0.39 is 272 Å². The molecule has 1 aliphatic rings. The topological polar surface area (TPSA) is 38.7 Å². The summed E-state index contributed by atoms with van der Waals surface area (Å²) in [5.74, 6) is -2.01. The molecular formula is C53H37N3. The van der Waals surface area contributed by atoms with E-state index in [4.69, 9.17) is 31.5 Å². The molecule has 0 bridgehead atoms. The first-order valence-electron chi connectivity index (χ1n) is 32.1. The number of hydrogen-bond donors (Lipinski definition) is 0. The van der Waals surface area contributed by atoms with Gasteiger partial charge in [-0.05, 0) is 98.3 Å². The molecular weight excluding hydrogens is 679 g/mol. The summed E-state index contributed by atoms with van der Waals surface area (Å²) in [6, 6.07) is -25.4. The van der Waals surface area contributed by atoms with Gasteiger partial charge in [0, 0.05) is 16.7 Å². The highest BCUT2D eigenvalue weighted by atomic mass is 15.0. The lowest BCUT2D eigenvalue weighted by atomic mass is 9.93. The minimum atomic E-state index is -1.03. The minimum absolute atomic E-state index is 0.118. The van der Waals surface area contributed by atoms with Crippen molar-refractivity contribution in [1.82, 2.24) is 15.0 Å². The quantitative estimate of drug-likeness (QED) is 0.163. The standard InChI is InChI=1S/C53H37N3/c1-35-13-8-21-43(31-35)52-54-51(39-16-6-3-7-17-39)55-53(56-52)44-22-10-20-42(33-44)46-24-12-26-48-47-25-11-23-45(49(47)34-50(46)48)41-19-9-18-40(32-41)38-29-27-37(28-30-38)36-14-4-2-5-15-36/h2-33H,34H2,1H3/i2D,3D,4D,5D,6D,7D,8D,9D,10D,11D,12D,13D,14D,15D,16D,17D,18D,19D,20D,21D,22D,23D,24D,25D,26D,27D,28D,29D,30D,31D,32D. The van der Waals surface area contributed by atoms with Crippen molar-refractivity contribution in [1.29, 1.82) is 0 Å². The maximum atomic E-state index is 9.66. The van der Waals surface area contributed by atoms with Crippen molar-refractivity contribution in [3.05, 3.63) is 210 Å². The lowest BCUT2D eigenvalue weighted by Gasteiger charge is -2.12. The maximum Gasteiger partial charge on any atom is 0.164 e. The highest BCUT2D eigenvalue weighted by Crippen LogP contribution is 2.46. The molecule has 0 spiro atoms. The molecule has 1 aliphatic carbocycles. The average Bonchev–Trinajstić information content (AvgIpc) is 1.66. The Hall–Kier alpha value is -7.23. The SMILES string of the molecule is [2H]c1c(-c2nc(-c3c([2H])c([2H])c([2H])c([2H])c3[2H])nc(-c3c([2H])c([2H])c([2H])c(C)c3[2H])n2)cc(-c2c([2H])c([2H])c([2H])c3c2Cc2c(-c4c([2H])c([2H])c([2H])c(-c5c([2H])c([2H])c(-c6c([2H])c([2H])c([2H])c([2H])c6[2H])c([2H])c5[2H])c4[2H])c([2H])c([2H])c([2H])c2-3)c([2H])c1[2H]. The molecule has 10 rings (SSSR count). The predicted octanol–water partition coefficient (Wildman–Crippen LogP) is 13.4. The van der Waals surface area contributed by atoms with Gasteiger partial charge >= 0.3 is 0 Å². The van der Waals surface area contributed by atoms with Crippen LogP contribution in [-0.2, 0) is 6.42 Å². The highest BCUT2D eigenvalue weighted by molar-refractivity contribution is 5.90. The van der Waals surface area contributed by atoms with E-state index in [1.807, 2.05) is 0 Å². The monoisotopic (exact) mass is 746 g/mol. The molecule has 0 N–H and O–H groups in total. The molecule has 0 unspecified atom stereocenters. The Morgan fingerprint density at radius 2 is 0.768 bits per heavy atom. The lowest BCUT2D eigenvalue weighted by molar-refractivity contribution is 1.07. The second-order valence-electron chi connectivity index (χ2n) is 12.0. The van der Waals surface area contributed by atoms with Crippen molar-refractivity contribution < 1.29 is 42.5 Å². The minimum Gasteiger partial charge on any atom is -0.208 e. The van der Waals surface area contributed by atoms with Crippen LogP contribution in [0.2, 0.25) is 0 Å². The summed E-state index contributed by atoms with van der Waals surface area (Å²) in [6.45, 7) is 1.30. The Morgan fingerprint density at radius 1 is 0.339 bits per heavy atom. The summed E-state index contributed by atoms with van der Waals surface area (Å²) in [4.78, 5) is 13.1. The van der Waals surface area contributed by atoms with Gasteiger partial charge in [-0.2, -0.15) is 0 Å². The molecule has 56 heavy (non-hydrogen) atoms.